The first kappa shape index (κ1) is 14.3. The van der Waals surface area contributed by atoms with E-state index in [0.29, 0.717) is 5.92 Å². The first-order valence-electron chi connectivity index (χ1n) is 8.24. The molecule has 0 spiro atoms. The van der Waals surface area contributed by atoms with Crippen molar-refractivity contribution >= 4 is 5.91 Å². The van der Waals surface area contributed by atoms with Gasteiger partial charge < -0.3 is 9.64 Å². The van der Waals surface area contributed by atoms with Crippen LogP contribution < -0.4 is 4.74 Å². The van der Waals surface area contributed by atoms with Gasteiger partial charge in [0.2, 0.25) is 5.91 Å². The predicted molar refractivity (Wildman–Crippen MR) is 89.4 cm³/mol. The standard InChI is InChI=1S/C20H21NO2/c1-23-17-7-8-18-16(11-17)9-15-10-19(18)20(22)21(13-15)12-14-5-3-2-4-6-14/h2-8,11,15,19H,9-10,12-13H2,1H3. The molecular formula is C20H21NO2. The maximum atomic E-state index is 13.0. The van der Waals surface area contributed by atoms with Gasteiger partial charge in [-0.1, -0.05) is 36.4 Å². The van der Waals surface area contributed by atoms with Gasteiger partial charge in [0, 0.05) is 13.1 Å². The lowest BCUT2D eigenvalue weighted by Gasteiger charge is -2.42. The summed E-state index contributed by atoms with van der Waals surface area (Å²) in [5.41, 5.74) is 3.69. The molecule has 2 aromatic rings. The molecule has 1 aliphatic heterocycles. The van der Waals surface area contributed by atoms with Crippen LogP contribution in [0.15, 0.2) is 48.5 Å². The highest BCUT2D eigenvalue weighted by atomic mass is 16.5. The smallest absolute Gasteiger partial charge is 0.230 e. The third kappa shape index (κ3) is 2.61. The molecule has 1 aliphatic carbocycles. The van der Waals surface area contributed by atoms with E-state index in [0.717, 1.165) is 31.7 Å². The molecule has 0 aromatic heterocycles. The number of fused-ring (bicyclic) bond motifs is 4. The van der Waals surface area contributed by atoms with Crippen LogP contribution in [-0.4, -0.2) is 24.5 Å². The van der Waals surface area contributed by atoms with Crippen LogP contribution in [0.25, 0.3) is 0 Å². The maximum Gasteiger partial charge on any atom is 0.230 e. The molecule has 4 rings (SSSR count). The molecule has 1 saturated heterocycles. The van der Waals surface area contributed by atoms with Gasteiger partial charge in [-0.3, -0.25) is 4.79 Å². The average molecular weight is 307 g/mol. The Bertz CT molecular complexity index is 726. The van der Waals surface area contributed by atoms with E-state index < -0.39 is 0 Å². The summed E-state index contributed by atoms with van der Waals surface area (Å²) in [6.45, 7) is 1.58. The Kier molecular flexibility index (Phi) is 3.56. The maximum absolute atomic E-state index is 13.0. The molecular weight excluding hydrogens is 286 g/mol. The second kappa shape index (κ2) is 5.73. The predicted octanol–water partition coefficient (Wildman–Crippen LogP) is 3.38. The Hall–Kier alpha value is -2.29. The van der Waals surface area contributed by atoms with E-state index in [2.05, 4.69) is 24.3 Å². The highest BCUT2D eigenvalue weighted by Crippen LogP contribution is 2.41. The molecule has 3 nitrogen and oxygen atoms in total. The number of rotatable bonds is 3. The second-order valence-corrected chi connectivity index (χ2v) is 6.63. The summed E-state index contributed by atoms with van der Waals surface area (Å²) in [7, 11) is 1.69. The monoisotopic (exact) mass is 307 g/mol. The van der Waals surface area contributed by atoms with Crippen molar-refractivity contribution in [3.8, 4) is 5.75 Å². The average Bonchev–Trinajstić information content (AvgIpc) is 2.59. The Morgan fingerprint density at radius 1 is 1.17 bits per heavy atom. The first-order chi connectivity index (χ1) is 11.2. The van der Waals surface area contributed by atoms with Gasteiger partial charge in [-0.2, -0.15) is 0 Å². The Labute approximate surface area is 136 Å². The summed E-state index contributed by atoms with van der Waals surface area (Å²) in [6.07, 6.45) is 2.03. The Morgan fingerprint density at radius 2 is 2.00 bits per heavy atom. The number of carbonyl (C=O) groups is 1. The Morgan fingerprint density at radius 3 is 2.78 bits per heavy atom. The zero-order valence-electron chi connectivity index (χ0n) is 13.4. The van der Waals surface area contributed by atoms with Gasteiger partial charge in [0.15, 0.2) is 0 Å². The third-order valence-corrected chi connectivity index (χ3v) is 5.11. The molecule has 1 amide bonds. The summed E-state index contributed by atoms with van der Waals surface area (Å²) < 4.78 is 5.33. The number of amides is 1. The summed E-state index contributed by atoms with van der Waals surface area (Å²) in [4.78, 5) is 15.0. The number of hydrogen-bond donors (Lipinski definition) is 0. The topological polar surface area (TPSA) is 29.5 Å². The molecule has 2 atom stereocenters. The molecule has 0 radical (unpaired) electrons. The SMILES string of the molecule is COc1ccc2c(c1)CC1CC2C(=O)N(Cc2ccccc2)C1. The molecule has 1 heterocycles. The van der Waals surface area contributed by atoms with Crippen molar-refractivity contribution in [2.75, 3.05) is 13.7 Å². The molecule has 118 valence electrons. The summed E-state index contributed by atoms with van der Waals surface area (Å²) >= 11 is 0. The van der Waals surface area contributed by atoms with Crippen LogP contribution in [-0.2, 0) is 17.8 Å². The quantitative estimate of drug-likeness (QED) is 0.870. The lowest BCUT2D eigenvalue weighted by atomic mass is 9.73. The van der Waals surface area contributed by atoms with E-state index in [1.165, 1.54) is 16.7 Å². The van der Waals surface area contributed by atoms with Crippen molar-refractivity contribution in [2.24, 2.45) is 5.92 Å². The number of benzene rings is 2. The number of hydrogen-bond acceptors (Lipinski definition) is 2. The van der Waals surface area contributed by atoms with E-state index in [-0.39, 0.29) is 11.8 Å². The molecule has 2 unspecified atom stereocenters. The fourth-order valence-electron chi connectivity index (χ4n) is 4.02. The van der Waals surface area contributed by atoms with Gasteiger partial charge in [0.05, 0.1) is 13.0 Å². The van der Waals surface area contributed by atoms with Gasteiger partial charge in [-0.15, -0.1) is 0 Å². The van der Waals surface area contributed by atoms with Crippen LogP contribution in [0, 0.1) is 5.92 Å². The van der Waals surface area contributed by atoms with Crippen LogP contribution in [0.5, 0.6) is 5.75 Å². The van der Waals surface area contributed by atoms with Gasteiger partial charge in [-0.05, 0) is 47.6 Å². The van der Waals surface area contributed by atoms with Crippen molar-refractivity contribution in [2.45, 2.75) is 25.3 Å². The fourth-order valence-corrected chi connectivity index (χ4v) is 4.02. The summed E-state index contributed by atoms with van der Waals surface area (Å²) in [6, 6.07) is 16.4. The van der Waals surface area contributed by atoms with E-state index in [9.17, 15) is 4.79 Å². The summed E-state index contributed by atoms with van der Waals surface area (Å²) in [5.74, 6) is 1.74. The largest absolute Gasteiger partial charge is 0.497 e. The van der Waals surface area contributed by atoms with E-state index in [4.69, 9.17) is 4.74 Å². The van der Waals surface area contributed by atoms with Crippen molar-refractivity contribution in [1.29, 1.82) is 0 Å². The van der Waals surface area contributed by atoms with Crippen molar-refractivity contribution < 1.29 is 9.53 Å². The molecule has 23 heavy (non-hydrogen) atoms. The third-order valence-electron chi connectivity index (χ3n) is 5.11. The first-order valence-corrected chi connectivity index (χ1v) is 8.24. The zero-order valence-corrected chi connectivity index (χ0v) is 13.4. The molecule has 2 aliphatic rings. The van der Waals surface area contributed by atoms with Crippen LogP contribution >= 0.6 is 0 Å². The van der Waals surface area contributed by atoms with Gasteiger partial charge in [-0.25, -0.2) is 0 Å². The minimum absolute atomic E-state index is 0.0205. The van der Waals surface area contributed by atoms with Gasteiger partial charge in [0.1, 0.15) is 5.75 Å². The van der Waals surface area contributed by atoms with Crippen LogP contribution in [0.1, 0.15) is 29.0 Å². The number of piperidine rings is 1. The van der Waals surface area contributed by atoms with Gasteiger partial charge >= 0.3 is 0 Å². The number of carbonyl (C=O) groups excluding carboxylic acids is 1. The molecule has 2 aromatic carbocycles. The van der Waals surface area contributed by atoms with Gasteiger partial charge in [0.25, 0.3) is 0 Å². The molecule has 1 fully saturated rings. The minimum atomic E-state index is 0.0205. The number of likely N-dealkylation sites (tertiary alicyclic amines) is 1. The highest BCUT2D eigenvalue weighted by molar-refractivity contribution is 5.85. The molecule has 2 bridgehead atoms. The number of methoxy groups -OCH3 is 1. The van der Waals surface area contributed by atoms with E-state index in [1.54, 1.807) is 7.11 Å². The highest BCUT2D eigenvalue weighted by Gasteiger charge is 2.39. The van der Waals surface area contributed by atoms with E-state index >= 15 is 0 Å². The Balaban J connectivity index is 1.61. The van der Waals surface area contributed by atoms with Crippen molar-refractivity contribution in [3.63, 3.8) is 0 Å². The van der Waals surface area contributed by atoms with Crippen molar-refractivity contribution in [3.05, 3.63) is 65.2 Å². The van der Waals surface area contributed by atoms with Crippen LogP contribution in [0.3, 0.4) is 0 Å². The zero-order chi connectivity index (χ0) is 15.8. The molecule has 0 N–H and O–H groups in total. The van der Waals surface area contributed by atoms with Crippen molar-refractivity contribution in [1.82, 2.24) is 4.90 Å². The second-order valence-electron chi connectivity index (χ2n) is 6.63. The number of nitrogens with zero attached hydrogens (tertiary/aromatic N) is 1. The molecule has 0 saturated carbocycles. The number of ether oxygens (including phenoxy) is 1. The summed E-state index contributed by atoms with van der Waals surface area (Å²) in [5, 5.41) is 0. The molecule has 3 heteroatoms. The lowest BCUT2D eigenvalue weighted by Crippen LogP contribution is -2.46. The lowest BCUT2D eigenvalue weighted by molar-refractivity contribution is -0.138. The van der Waals surface area contributed by atoms with Crippen LogP contribution in [0.2, 0.25) is 0 Å². The normalized spacial score (nSPS) is 22.7. The van der Waals surface area contributed by atoms with Crippen LogP contribution in [0.4, 0.5) is 0 Å². The van der Waals surface area contributed by atoms with E-state index in [1.807, 2.05) is 29.2 Å². The fraction of sp³-hybridized carbons (Fsp3) is 0.350. The minimum Gasteiger partial charge on any atom is -0.497 e.